The Hall–Kier alpha value is -1.98. The minimum absolute atomic E-state index is 0.0248. The number of ether oxygens (including phenoxy) is 2. The van der Waals surface area contributed by atoms with Crippen molar-refractivity contribution < 1.29 is 18.8 Å². The Balaban J connectivity index is 1.64. The first-order valence-corrected chi connectivity index (χ1v) is 10.4. The van der Waals surface area contributed by atoms with E-state index in [2.05, 4.69) is 65.0 Å². The molecular formula is C24H31BO4. The van der Waals surface area contributed by atoms with E-state index in [9.17, 15) is 0 Å². The van der Waals surface area contributed by atoms with Crippen LogP contribution in [0.3, 0.4) is 0 Å². The SMILES string of the molecule is COc1ccc([C@H]2C[C@](C)(CB3OC(C)(C)C(C)(C)O3)c3ccccc3O2)cc1. The topological polar surface area (TPSA) is 36.9 Å². The molecule has 29 heavy (non-hydrogen) atoms. The third kappa shape index (κ3) is 3.66. The second-order valence-electron chi connectivity index (χ2n) is 9.53. The highest BCUT2D eigenvalue weighted by Crippen LogP contribution is 2.50. The number of methoxy groups -OCH3 is 1. The second-order valence-corrected chi connectivity index (χ2v) is 9.53. The van der Waals surface area contributed by atoms with E-state index in [0.717, 1.165) is 29.8 Å². The molecule has 2 heterocycles. The fraction of sp³-hybridized carbons (Fsp3) is 0.500. The summed E-state index contributed by atoms with van der Waals surface area (Å²) in [5.41, 5.74) is 1.60. The van der Waals surface area contributed by atoms with Gasteiger partial charge in [-0.3, -0.25) is 0 Å². The van der Waals surface area contributed by atoms with Crippen molar-refractivity contribution in [3.05, 3.63) is 59.7 Å². The van der Waals surface area contributed by atoms with Crippen LogP contribution in [0.25, 0.3) is 0 Å². The monoisotopic (exact) mass is 394 g/mol. The maximum Gasteiger partial charge on any atom is 0.458 e. The molecule has 0 bridgehead atoms. The Morgan fingerprint density at radius 2 is 1.55 bits per heavy atom. The average Bonchev–Trinajstić information content (AvgIpc) is 2.87. The molecule has 2 atom stereocenters. The number of para-hydroxylation sites is 1. The van der Waals surface area contributed by atoms with Gasteiger partial charge in [0.2, 0.25) is 0 Å². The van der Waals surface area contributed by atoms with Crippen molar-refractivity contribution in [2.24, 2.45) is 0 Å². The van der Waals surface area contributed by atoms with Crippen LogP contribution in [-0.4, -0.2) is 25.4 Å². The molecular weight excluding hydrogens is 363 g/mol. The lowest BCUT2D eigenvalue weighted by Crippen LogP contribution is -2.41. The summed E-state index contributed by atoms with van der Waals surface area (Å²) in [6.07, 6.45) is 1.62. The largest absolute Gasteiger partial charge is 0.497 e. The molecule has 0 unspecified atom stereocenters. The summed E-state index contributed by atoms with van der Waals surface area (Å²) >= 11 is 0. The van der Waals surface area contributed by atoms with Gasteiger partial charge >= 0.3 is 7.12 Å². The Morgan fingerprint density at radius 3 is 2.17 bits per heavy atom. The number of fused-ring (bicyclic) bond motifs is 1. The number of benzene rings is 2. The zero-order chi connectivity index (χ0) is 20.9. The summed E-state index contributed by atoms with van der Waals surface area (Å²) in [6, 6.07) is 16.5. The van der Waals surface area contributed by atoms with E-state index in [-0.39, 0.29) is 29.8 Å². The third-order valence-corrected chi connectivity index (χ3v) is 6.85. The van der Waals surface area contributed by atoms with Gasteiger partial charge in [0.05, 0.1) is 18.3 Å². The molecule has 0 aromatic heterocycles. The molecule has 5 heteroatoms. The second kappa shape index (κ2) is 7.07. The van der Waals surface area contributed by atoms with Crippen LogP contribution >= 0.6 is 0 Å². The number of rotatable bonds is 4. The molecule has 2 aromatic carbocycles. The third-order valence-electron chi connectivity index (χ3n) is 6.85. The molecule has 0 amide bonds. The van der Waals surface area contributed by atoms with E-state index in [1.165, 1.54) is 5.56 Å². The summed E-state index contributed by atoms with van der Waals surface area (Å²) in [6.45, 7) is 10.7. The van der Waals surface area contributed by atoms with Crippen LogP contribution < -0.4 is 9.47 Å². The maximum absolute atomic E-state index is 6.41. The van der Waals surface area contributed by atoms with Gasteiger partial charge in [-0.2, -0.15) is 0 Å². The number of hydrogen-bond donors (Lipinski definition) is 0. The van der Waals surface area contributed by atoms with Crippen molar-refractivity contribution in [2.45, 2.75) is 70.1 Å². The summed E-state index contributed by atoms with van der Waals surface area (Å²) in [7, 11) is 1.44. The van der Waals surface area contributed by atoms with Gasteiger partial charge in [0.25, 0.3) is 0 Å². The maximum atomic E-state index is 6.41. The van der Waals surface area contributed by atoms with Crippen molar-refractivity contribution in [3.8, 4) is 11.5 Å². The minimum Gasteiger partial charge on any atom is -0.497 e. The Kier molecular flexibility index (Phi) is 4.95. The van der Waals surface area contributed by atoms with E-state index in [1.54, 1.807) is 7.11 Å². The van der Waals surface area contributed by atoms with Crippen LogP contribution in [-0.2, 0) is 14.7 Å². The first-order chi connectivity index (χ1) is 13.6. The van der Waals surface area contributed by atoms with E-state index in [1.807, 2.05) is 18.2 Å². The zero-order valence-electron chi connectivity index (χ0n) is 18.3. The van der Waals surface area contributed by atoms with Crippen molar-refractivity contribution in [2.75, 3.05) is 7.11 Å². The minimum atomic E-state index is -0.325. The molecule has 4 rings (SSSR count). The normalized spacial score (nSPS) is 27.2. The van der Waals surface area contributed by atoms with Gasteiger partial charge in [-0.1, -0.05) is 37.3 Å². The predicted molar refractivity (Wildman–Crippen MR) is 116 cm³/mol. The highest BCUT2D eigenvalue weighted by Gasteiger charge is 2.54. The first kappa shape index (κ1) is 20.3. The lowest BCUT2D eigenvalue weighted by atomic mass is 9.62. The summed E-state index contributed by atoms with van der Waals surface area (Å²) in [4.78, 5) is 0. The molecule has 2 aromatic rings. The molecule has 0 radical (unpaired) electrons. The van der Waals surface area contributed by atoms with Crippen LogP contribution in [0.2, 0.25) is 6.32 Å². The van der Waals surface area contributed by atoms with Gasteiger partial charge in [-0.25, -0.2) is 0 Å². The molecule has 154 valence electrons. The highest BCUT2D eigenvalue weighted by atomic mass is 16.7. The summed E-state index contributed by atoms with van der Waals surface area (Å²) in [5.74, 6) is 1.79. The van der Waals surface area contributed by atoms with Gasteiger partial charge in [0.1, 0.15) is 17.6 Å². The Morgan fingerprint density at radius 1 is 0.931 bits per heavy atom. The van der Waals surface area contributed by atoms with Crippen LogP contribution in [0, 0.1) is 0 Å². The smallest absolute Gasteiger partial charge is 0.458 e. The van der Waals surface area contributed by atoms with Crippen LogP contribution in [0.15, 0.2) is 48.5 Å². The van der Waals surface area contributed by atoms with Crippen molar-refractivity contribution in [1.29, 1.82) is 0 Å². The number of hydrogen-bond acceptors (Lipinski definition) is 4. The van der Waals surface area contributed by atoms with Gasteiger partial charge in [-0.05, 0) is 75.2 Å². The van der Waals surface area contributed by atoms with Crippen molar-refractivity contribution in [1.82, 2.24) is 0 Å². The quantitative estimate of drug-likeness (QED) is 0.636. The predicted octanol–water partition coefficient (Wildman–Crippen LogP) is 5.57. The zero-order valence-corrected chi connectivity index (χ0v) is 18.3. The highest BCUT2D eigenvalue weighted by molar-refractivity contribution is 6.46. The molecule has 1 saturated heterocycles. The Labute approximate surface area is 174 Å². The van der Waals surface area contributed by atoms with Crippen molar-refractivity contribution >= 4 is 7.12 Å². The van der Waals surface area contributed by atoms with Gasteiger partial charge in [0, 0.05) is 0 Å². The fourth-order valence-corrected chi connectivity index (χ4v) is 4.40. The van der Waals surface area contributed by atoms with E-state index in [4.69, 9.17) is 18.8 Å². The Bertz CT molecular complexity index is 861. The molecule has 0 saturated carbocycles. The molecule has 0 aliphatic carbocycles. The molecule has 1 fully saturated rings. The van der Waals surface area contributed by atoms with E-state index in [0.29, 0.717) is 0 Å². The van der Waals surface area contributed by atoms with Gasteiger partial charge < -0.3 is 18.8 Å². The average molecular weight is 394 g/mol. The van der Waals surface area contributed by atoms with Gasteiger partial charge in [-0.15, -0.1) is 0 Å². The van der Waals surface area contributed by atoms with E-state index < -0.39 is 0 Å². The summed E-state index contributed by atoms with van der Waals surface area (Å²) in [5, 5.41) is 0. The fourth-order valence-electron chi connectivity index (χ4n) is 4.40. The van der Waals surface area contributed by atoms with Crippen LogP contribution in [0.1, 0.15) is 58.3 Å². The molecule has 2 aliphatic rings. The molecule has 0 N–H and O–H groups in total. The standard InChI is InChI=1S/C24H31BO4/c1-22(2)23(3,4)29-25(28-22)16-24(5)15-21(17-11-13-18(26-6)14-12-17)27-20-10-8-7-9-19(20)24/h7-14,21H,15-16H2,1-6H3/t21-,24-/m1/s1. The van der Waals surface area contributed by atoms with Gasteiger partial charge in [0.15, 0.2) is 0 Å². The molecule has 2 aliphatic heterocycles. The molecule has 0 spiro atoms. The van der Waals surface area contributed by atoms with E-state index >= 15 is 0 Å². The lowest BCUT2D eigenvalue weighted by molar-refractivity contribution is 0.00578. The van der Waals surface area contributed by atoms with Crippen LogP contribution in [0.5, 0.6) is 11.5 Å². The van der Waals surface area contributed by atoms with Crippen molar-refractivity contribution in [3.63, 3.8) is 0 Å². The lowest BCUT2D eigenvalue weighted by Gasteiger charge is -2.40. The van der Waals surface area contributed by atoms with Crippen LogP contribution in [0.4, 0.5) is 0 Å². The molecule has 4 nitrogen and oxygen atoms in total. The first-order valence-electron chi connectivity index (χ1n) is 10.4. The summed E-state index contributed by atoms with van der Waals surface area (Å²) < 4.78 is 24.4.